The molecule has 20 heavy (non-hydrogen) atoms. The zero-order chi connectivity index (χ0) is 14.6. The van der Waals surface area contributed by atoms with Crippen molar-refractivity contribution in [2.75, 3.05) is 6.26 Å². The van der Waals surface area contributed by atoms with Gasteiger partial charge in [-0.2, -0.15) is 22.1 Å². The molecule has 0 aliphatic carbocycles. The molecule has 104 valence electrons. The van der Waals surface area contributed by atoms with Crippen LogP contribution in [-0.2, 0) is 17.7 Å². The maximum atomic E-state index is 9.33. The molecule has 0 saturated carbocycles. The Morgan fingerprint density at radius 3 is 2.65 bits per heavy atom. The predicted octanol–water partition coefficient (Wildman–Crippen LogP) is 2.99. The molecule has 0 N–H and O–H groups in total. The Morgan fingerprint density at radius 1 is 1.30 bits per heavy atom. The summed E-state index contributed by atoms with van der Waals surface area (Å²) in [6.07, 6.45) is 5.32. The number of hydrogen-bond acceptors (Lipinski definition) is 4. The first-order valence-electron chi connectivity index (χ1n) is 6.41. The van der Waals surface area contributed by atoms with Gasteiger partial charge in [-0.1, -0.05) is 18.2 Å². The topological polar surface area (TPSA) is 54.5 Å². The SMILES string of the molecule is CSCc1cc(Cn2cncn2)cc(C(C)(C)C#N)c1. The summed E-state index contributed by atoms with van der Waals surface area (Å²) in [6.45, 7) is 4.58. The zero-order valence-corrected chi connectivity index (χ0v) is 12.8. The van der Waals surface area contributed by atoms with Gasteiger partial charge in [0.15, 0.2) is 0 Å². The lowest BCUT2D eigenvalue weighted by atomic mass is 9.84. The average molecular weight is 286 g/mol. The molecular formula is C15H18N4S. The van der Waals surface area contributed by atoms with E-state index in [1.165, 1.54) is 11.9 Å². The van der Waals surface area contributed by atoms with E-state index >= 15 is 0 Å². The maximum absolute atomic E-state index is 9.33. The molecule has 0 aliphatic rings. The van der Waals surface area contributed by atoms with Gasteiger partial charge in [-0.3, -0.25) is 0 Å². The first-order chi connectivity index (χ1) is 9.55. The van der Waals surface area contributed by atoms with E-state index in [1.807, 2.05) is 13.8 Å². The Bertz CT molecular complexity index is 611. The molecule has 2 aromatic rings. The van der Waals surface area contributed by atoms with Gasteiger partial charge in [-0.25, -0.2) is 9.67 Å². The summed E-state index contributed by atoms with van der Waals surface area (Å²) in [7, 11) is 0. The summed E-state index contributed by atoms with van der Waals surface area (Å²) in [5.74, 6) is 0.944. The normalized spacial score (nSPS) is 11.3. The second kappa shape index (κ2) is 6.10. The Hall–Kier alpha value is -1.80. The van der Waals surface area contributed by atoms with Crippen molar-refractivity contribution in [2.24, 2.45) is 0 Å². The van der Waals surface area contributed by atoms with Crippen LogP contribution in [-0.4, -0.2) is 21.0 Å². The lowest BCUT2D eigenvalue weighted by Gasteiger charge is -2.18. The first-order valence-corrected chi connectivity index (χ1v) is 7.80. The van der Waals surface area contributed by atoms with Crippen LogP contribution in [0.15, 0.2) is 30.9 Å². The summed E-state index contributed by atoms with van der Waals surface area (Å²) >= 11 is 1.78. The van der Waals surface area contributed by atoms with E-state index in [4.69, 9.17) is 0 Å². The molecule has 0 amide bonds. The van der Waals surface area contributed by atoms with E-state index in [2.05, 4.69) is 40.6 Å². The van der Waals surface area contributed by atoms with Crippen LogP contribution in [0.3, 0.4) is 0 Å². The standard InChI is InChI=1S/C15H18N4S/c1-15(2,9-16)14-5-12(4-13(6-14)8-20-3)7-19-11-17-10-18-19/h4-6,10-11H,7-8H2,1-3H3. The largest absolute Gasteiger partial charge is 0.249 e. The second-order valence-corrected chi connectivity index (χ2v) is 6.17. The number of rotatable bonds is 5. The fourth-order valence-electron chi connectivity index (χ4n) is 2.03. The zero-order valence-electron chi connectivity index (χ0n) is 12.0. The lowest BCUT2D eigenvalue weighted by Crippen LogP contribution is -2.15. The van der Waals surface area contributed by atoms with Crippen LogP contribution < -0.4 is 0 Å². The first kappa shape index (κ1) is 14.6. The molecule has 5 heteroatoms. The fraction of sp³-hybridized carbons (Fsp3) is 0.400. The summed E-state index contributed by atoms with van der Waals surface area (Å²) < 4.78 is 1.79. The molecule has 0 bridgehead atoms. The minimum atomic E-state index is -0.481. The molecule has 0 saturated heterocycles. The minimum Gasteiger partial charge on any atom is -0.249 e. The molecular weight excluding hydrogens is 268 g/mol. The van der Waals surface area contributed by atoms with Crippen LogP contribution in [0.1, 0.15) is 30.5 Å². The third-order valence-electron chi connectivity index (χ3n) is 3.18. The number of aromatic nitrogens is 3. The molecule has 0 aliphatic heterocycles. The summed E-state index contributed by atoms with van der Waals surface area (Å²) in [5.41, 5.74) is 2.97. The van der Waals surface area contributed by atoms with Crippen molar-refractivity contribution in [1.82, 2.24) is 14.8 Å². The molecule has 2 rings (SSSR count). The molecule has 0 atom stereocenters. The highest BCUT2D eigenvalue weighted by Gasteiger charge is 2.20. The molecule has 0 spiro atoms. The average Bonchev–Trinajstić information content (AvgIpc) is 2.91. The van der Waals surface area contributed by atoms with Crippen molar-refractivity contribution in [3.05, 3.63) is 47.5 Å². The van der Waals surface area contributed by atoms with Crippen molar-refractivity contribution in [3.63, 3.8) is 0 Å². The van der Waals surface area contributed by atoms with Gasteiger partial charge in [0.1, 0.15) is 12.7 Å². The van der Waals surface area contributed by atoms with E-state index in [-0.39, 0.29) is 0 Å². The molecule has 1 aromatic carbocycles. The van der Waals surface area contributed by atoms with Crippen LogP contribution in [0.4, 0.5) is 0 Å². The van der Waals surface area contributed by atoms with Crippen molar-refractivity contribution >= 4 is 11.8 Å². The van der Waals surface area contributed by atoms with E-state index in [0.29, 0.717) is 6.54 Å². The second-order valence-electron chi connectivity index (χ2n) is 5.30. The van der Waals surface area contributed by atoms with Gasteiger partial charge in [-0.15, -0.1) is 0 Å². The Labute approximate surface area is 123 Å². The lowest BCUT2D eigenvalue weighted by molar-refractivity contribution is 0.666. The van der Waals surface area contributed by atoms with Crippen molar-refractivity contribution < 1.29 is 0 Å². The highest BCUT2D eigenvalue weighted by atomic mass is 32.2. The van der Waals surface area contributed by atoms with Gasteiger partial charge in [0.2, 0.25) is 0 Å². The van der Waals surface area contributed by atoms with Crippen molar-refractivity contribution in [1.29, 1.82) is 5.26 Å². The highest BCUT2D eigenvalue weighted by molar-refractivity contribution is 7.97. The number of benzene rings is 1. The quantitative estimate of drug-likeness (QED) is 0.848. The number of hydrogen-bond donors (Lipinski definition) is 0. The van der Waals surface area contributed by atoms with Gasteiger partial charge in [0.05, 0.1) is 18.0 Å². The fourth-order valence-corrected chi connectivity index (χ4v) is 2.53. The maximum Gasteiger partial charge on any atom is 0.137 e. The summed E-state index contributed by atoms with van der Waals surface area (Å²) in [5, 5.41) is 13.5. The molecule has 0 unspecified atom stereocenters. The van der Waals surface area contributed by atoms with E-state index < -0.39 is 5.41 Å². The Kier molecular flexibility index (Phi) is 4.46. The number of nitriles is 1. The molecule has 0 radical (unpaired) electrons. The Morgan fingerprint density at radius 2 is 2.05 bits per heavy atom. The van der Waals surface area contributed by atoms with E-state index in [1.54, 1.807) is 22.8 Å². The molecule has 4 nitrogen and oxygen atoms in total. The van der Waals surface area contributed by atoms with Crippen molar-refractivity contribution in [3.8, 4) is 6.07 Å². The van der Waals surface area contributed by atoms with Crippen molar-refractivity contribution in [2.45, 2.75) is 31.6 Å². The summed E-state index contributed by atoms with van der Waals surface area (Å²) in [4.78, 5) is 3.96. The molecule has 1 aromatic heterocycles. The van der Waals surface area contributed by atoms with Crippen LogP contribution in [0.25, 0.3) is 0 Å². The van der Waals surface area contributed by atoms with Gasteiger partial charge in [-0.05, 0) is 36.8 Å². The van der Waals surface area contributed by atoms with Crippen LogP contribution in [0.2, 0.25) is 0 Å². The Balaban J connectivity index is 2.38. The molecule has 1 heterocycles. The smallest absolute Gasteiger partial charge is 0.137 e. The van der Waals surface area contributed by atoms with Gasteiger partial charge < -0.3 is 0 Å². The van der Waals surface area contributed by atoms with Crippen LogP contribution in [0.5, 0.6) is 0 Å². The minimum absolute atomic E-state index is 0.481. The third-order valence-corrected chi connectivity index (χ3v) is 3.80. The summed E-state index contributed by atoms with van der Waals surface area (Å²) in [6, 6.07) is 8.77. The van der Waals surface area contributed by atoms with Crippen LogP contribution in [0, 0.1) is 11.3 Å². The van der Waals surface area contributed by atoms with E-state index in [9.17, 15) is 5.26 Å². The molecule has 0 fully saturated rings. The third kappa shape index (κ3) is 3.40. The van der Waals surface area contributed by atoms with Crippen LogP contribution >= 0.6 is 11.8 Å². The monoisotopic (exact) mass is 286 g/mol. The van der Waals surface area contributed by atoms with E-state index in [0.717, 1.165) is 16.9 Å². The number of thioether (sulfide) groups is 1. The highest BCUT2D eigenvalue weighted by Crippen LogP contribution is 2.26. The number of nitrogens with zero attached hydrogens (tertiary/aromatic N) is 4. The van der Waals surface area contributed by atoms with Gasteiger partial charge in [0, 0.05) is 5.75 Å². The predicted molar refractivity (Wildman–Crippen MR) is 81.4 cm³/mol. The van der Waals surface area contributed by atoms with Gasteiger partial charge in [0.25, 0.3) is 0 Å². The van der Waals surface area contributed by atoms with Gasteiger partial charge >= 0.3 is 0 Å².